The number of phenolic OH excluding ortho intramolecular Hbond substituents is 1. The van der Waals surface area contributed by atoms with Crippen LogP contribution in [-0.4, -0.2) is 21.8 Å². The molecule has 0 amide bonds. The van der Waals surface area contributed by atoms with Crippen molar-refractivity contribution in [3.63, 3.8) is 0 Å². The number of hydrogen-bond donors (Lipinski definition) is 2. The molecule has 1 aliphatic carbocycles. The first-order valence-corrected chi connectivity index (χ1v) is 10.2. The topological polar surface area (TPSA) is 74.6 Å². The third-order valence-electron chi connectivity index (χ3n) is 5.90. The average molecular weight is 407 g/mol. The fourth-order valence-corrected chi connectivity index (χ4v) is 3.97. The lowest BCUT2D eigenvalue weighted by molar-refractivity contribution is -0.110. The predicted molar refractivity (Wildman–Crippen MR) is 120 cm³/mol. The van der Waals surface area contributed by atoms with E-state index in [1.165, 1.54) is 0 Å². The Hall–Kier alpha value is -2.88. The number of phenols is 1. The van der Waals surface area contributed by atoms with Crippen molar-refractivity contribution in [1.82, 2.24) is 0 Å². The Kier molecular flexibility index (Phi) is 4.97. The van der Waals surface area contributed by atoms with Crippen LogP contribution in [0.15, 0.2) is 24.3 Å². The summed E-state index contributed by atoms with van der Waals surface area (Å²) >= 11 is 0. The summed E-state index contributed by atoms with van der Waals surface area (Å²) in [4.78, 5) is 26.0. The van der Waals surface area contributed by atoms with Crippen molar-refractivity contribution in [2.45, 2.75) is 66.2 Å². The van der Waals surface area contributed by atoms with Gasteiger partial charge in [-0.05, 0) is 59.6 Å². The Morgan fingerprint density at radius 3 is 1.73 bits per heavy atom. The van der Waals surface area contributed by atoms with Crippen LogP contribution in [-0.2, 0) is 15.6 Å². The van der Waals surface area contributed by atoms with E-state index in [1.54, 1.807) is 24.3 Å². The Morgan fingerprint density at radius 2 is 1.27 bits per heavy atom. The summed E-state index contributed by atoms with van der Waals surface area (Å²) in [5, 5.41) is 22.1. The molecule has 0 bridgehead atoms. The van der Waals surface area contributed by atoms with Gasteiger partial charge < -0.3 is 10.2 Å². The van der Waals surface area contributed by atoms with Gasteiger partial charge in [0, 0.05) is 22.3 Å². The highest BCUT2D eigenvalue weighted by Crippen LogP contribution is 2.43. The minimum absolute atomic E-state index is 0.00259. The molecule has 0 atom stereocenters. The molecule has 0 aromatic heterocycles. The summed E-state index contributed by atoms with van der Waals surface area (Å²) in [7, 11) is 0. The number of ketones is 2. The fraction of sp³-hybridized carbons (Fsp3) is 0.385. The van der Waals surface area contributed by atoms with Crippen LogP contribution < -0.4 is 0 Å². The number of Topliss-reactive ketones (excluding diaryl/α,β-unsaturated/α-hetero) is 2. The Morgan fingerprint density at radius 1 is 0.767 bits per heavy atom. The van der Waals surface area contributed by atoms with Gasteiger partial charge in [-0.3, -0.25) is 9.59 Å². The maximum absolute atomic E-state index is 13.1. The Labute approximate surface area is 178 Å². The lowest BCUT2D eigenvalue weighted by Gasteiger charge is -2.29. The van der Waals surface area contributed by atoms with Gasteiger partial charge in [0.1, 0.15) is 11.5 Å². The summed E-state index contributed by atoms with van der Waals surface area (Å²) in [6.45, 7) is 15.6. The third kappa shape index (κ3) is 3.34. The molecule has 1 aliphatic rings. The lowest BCUT2D eigenvalue weighted by Crippen LogP contribution is -2.25. The van der Waals surface area contributed by atoms with Crippen molar-refractivity contribution in [2.75, 3.05) is 0 Å². The smallest absolute Gasteiger partial charge is 0.237 e. The number of fused-ring (bicyclic) bond motifs is 1. The number of hydrogen-bond acceptors (Lipinski definition) is 4. The first-order chi connectivity index (χ1) is 13.7. The van der Waals surface area contributed by atoms with Gasteiger partial charge in [0.25, 0.3) is 0 Å². The Bertz CT molecular complexity index is 1080. The van der Waals surface area contributed by atoms with E-state index in [2.05, 4.69) is 0 Å². The van der Waals surface area contributed by atoms with Crippen LogP contribution in [0, 0.1) is 13.8 Å². The van der Waals surface area contributed by atoms with Gasteiger partial charge in [0.05, 0.1) is 5.57 Å². The van der Waals surface area contributed by atoms with Crippen molar-refractivity contribution in [2.24, 2.45) is 0 Å². The van der Waals surface area contributed by atoms with Gasteiger partial charge in [0.2, 0.25) is 11.6 Å². The third-order valence-corrected chi connectivity index (χ3v) is 5.90. The monoisotopic (exact) mass is 406 g/mol. The van der Waals surface area contributed by atoms with Gasteiger partial charge in [-0.15, -0.1) is 0 Å². The molecule has 0 spiro atoms. The van der Waals surface area contributed by atoms with E-state index in [0.29, 0.717) is 22.3 Å². The number of aryl methyl sites for hydroxylation is 1. The van der Waals surface area contributed by atoms with Gasteiger partial charge in [0.15, 0.2) is 0 Å². The first-order valence-electron chi connectivity index (χ1n) is 10.2. The van der Waals surface area contributed by atoms with E-state index in [4.69, 9.17) is 0 Å². The molecule has 0 aliphatic heterocycles. The standard InChI is InChI=1S/C26H30O4/c1-13-9-10-16-19(14(13)2)23(29)20(24(30)21(16)27)15-11-17(25(3,4)5)22(28)18(12-15)26(6,7)8/h9-12,28-29H,1-8H3. The number of aliphatic hydroxyl groups is 1. The number of benzene rings is 2. The molecular weight excluding hydrogens is 376 g/mol. The molecular formula is C26H30O4. The van der Waals surface area contributed by atoms with Crippen LogP contribution in [0.5, 0.6) is 5.75 Å². The number of rotatable bonds is 1. The zero-order valence-electron chi connectivity index (χ0n) is 19.0. The molecule has 3 rings (SSSR count). The summed E-state index contributed by atoms with van der Waals surface area (Å²) in [6.07, 6.45) is 0. The van der Waals surface area contributed by atoms with Gasteiger partial charge >= 0.3 is 0 Å². The highest BCUT2D eigenvalue weighted by molar-refractivity contribution is 6.62. The van der Waals surface area contributed by atoms with Crippen molar-refractivity contribution < 1.29 is 19.8 Å². The molecule has 0 saturated heterocycles. The maximum Gasteiger partial charge on any atom is 0.237 e. The lowest BCUT2D eigenvalue weighted by atomic mass is 9.75. The number of allylic oxidation sites excluding steroid dienone is 1. The van der Waals surface area contributed by atoms with Crippen LogP contribution in [0.25, 0.3) is 11.3 Å². The molecule has 0 radical (unpaired) electrons. The molecule has 4 nitrogen and oxygen atoms in total. The van der Waals surface area contributed by atoms with Crippen molar-refractivity contribution in [1.29, 1.82) is 0 Å². The van der Waals surface area contributed by atoms with E-state index >= 15 is 0 Å². The Balaban J connectivity index is 2.43. The highest BCUT2D eigenvalue weighted by atomic mass is 16.3. The SMILES string of the molecule is Cc1ccc2c(c1C)C(O)=C(c1cc(C(C)(C)C)c(O)c(C(C)(C)C)c1)C(=O)C2=O. The molecule has 0 unspecified atom stereocenters. The van der Waals surface area contributed by atoms with E-state index in [1.807, 2.05) is 55.4 Å². The van der Waals surface area contributed by atoms with Gasteiger partial charge in [-0.25, -0.2) is 0 Å². The summed E-state index contributed by atoms with van der Waals surface area (Å²) in [5.74, 6) is -1.35. The molecule has 30 heavy (non-hydrogen) atoms. The molecule has 0 heterocycles. The molecule has 0 saturated carbocycles. The summed E-state index contributed by atoms with van der Waals surface area (Å²) in [6, 6.07) is 6.82. The molecule has 2 aromatic rings. The second-order valence-corrected chi connectivity index (χ2v) is 10.2. The van der Waals surface area contributed by atoms with E-state index in [0.717, 1.165) is 11.1 Å². The number of carbonyl (C=O) groups excluding carboxylic acids is 2. The number of carbonyl (C=O) groups is 2. The van der Waals surface area contributed by atoms with E-state index < -0.39 is 22.4 Å². The average Bonchev–Trinajstić information content (AvgIpc) is 2.61. The minimum atomic E-state index is -0.728. The van der Waals surface area contributed by atoms with Gasteiger partial charge in [-0.2, -0.15) is 0 Å². The predicted octanol–water partition coefficient (Wildman–Crippen LogP) is 5.80. The minimum Gasteiger partial charge on any atom is -0.507 e. The largest absolute Gasteiger partial charge is 0.507 e. The van der Waals surface area contributed by atoms with Crippen molar-refractivity contribution >= 4 is 22.9 Å². The normalized spacial score (nSPS) is 14.9. The van der Waals surface area contributed by atoms with E-state index in [9.17, 15) is 19.8 Å². The highest BCUT2D eigenvalue weighted by Gasteiger charge is 2.36. The van der Waals surface area contributed by atoms with Crippen molar-refractivity contribution in [3.8, 4) is 5.75 Å². The number of aromatic hydroxyl groups is 1. The maximum atomic E-state index is 13.1. The van der Waals surface area contributed by atoms with Crippen LogP contribution >= 0.6 is 0 Å². The summed E-state index contributed by atoms with van der Waals surface area (Å²) < 4.78 is 0. The number of aliphatic hydroxyl groups excluding tert-OH is 1. The quantitative estimate of drug-likeness (QED) is 0.587. The molecule has 158 valence electrons. The zero-order valence-corrected chi connectivity index (χ0v) is 19.0. The van der Waals surface area contributed by atoms with Crippen LogP contribution in [0.1, 0.15) is 85.3 Å². The molecule has 4 heteroatoms. The zero-order chi connectivity index (χ0) is 22.8. The molecule has 2 N–H and O–H groups in total. The van der Waals surface area contributed by atoms with Crippen LogP contribution in [0.3, 0.4) is 0 Å². The molecule has 0 fully saturated rings. The molecule has 2 aromatic carbocycles. The van der Waals surface area contributed by atoms with E-state index in [-0.39, 0.29) is 22.6 Å². The fourth-order valence-electron chi connectivity index (χ4n) is 3.97. The van der Waals surface area contributed by atoms with Gasteiger partial charge in [-0.1, -0.05) is 47.6 Å². The van der Waals surface area contributed by atoms with Crippen LogP contribution in [0.4, 0.5) is 0 Å². The second kappa shape index (κ2) is 6.83. The summed E-state index contributed by atoms with van der Waals surface area (Å²) in [5.41, 5.74) is 3.32. The van der Waals surface area contributed by atoms with Crippen molar-refractivity contribution in [3.05, 3.63) is 63.2 Å². The first kappa shape index (κ1) is 21.8. The van der Waals surface area contributed by atoms with Crippen LogP contribution in [0.2, 0.25) is 0 Å². The second-order valence-electron chi connectivity index (χ2n) is 10.2.